The van der Waals surface area contributed by atoms with E-state index in [9.17, 15) is 4.79 Å². The zero-order valence-corrected chi connectivity index (χ0v) is 22.6. The van der Waals surface area contributed by atoms with Gasteiger partial charge >= 0.3 is 5.97 Å². The van der Waals surface area contributed by atoms with Crippen LogP contribution in [-0.4, -0.2) is 28.0 Å². The Labute approximate surface area is 218 Å². The lowest BCUT2D eigenvalue weighted by atomic mass is 9.88. The Morgan fingerprint density at radius 2 is 2.06 bits per heavy atom. The fourth-order valence-electron chi connectivity index (χ4n) is 4.25. The third-order valence-electron chi connectivity index (χ3n) is 6.06. The molecule has 0 aliphatic heterocycles. The maximum absolute atomic E-state index is 12.6. The van der Waals surface area contributed by atoms with E-state index in [1.807, 2.05) is 30.7 Å². The molecule has 4 rings (SSSR count). The molecule has 6 nitrogen and oxygen atoms in total. The molecule has 1 atom stereocenters. The molecule has 180 valence electrons. The smallest absolute Gasteiger partial charge is 0.341 e. The minimum absolute atomic E-state index is 0.334. The van der Waals surface area contributed by atoms with Crippen LogP contribution in [0, 0.1) is 19.8 Å². The molecular weight excluding hydrogens is 511 g/mol. The fraction of sp³-hybridized carbons (Fsp3) is 0.375. The van der Waals surface area contributed by atoms with Gasteiger partial charge in [0.1, 0.15) is 5.00 Å². The molecular formula is C24H26Cl2N4O2S2. The van der Waals surface area contributed by atoms with Gasteiger partial charge in [-0.3, -0.25) is 4.68 Å². The number of anilines is 2. The number of carbonyl (C=O) groups excluding carboxylic acids is 1. The number of nitrogens with zero attached hydrogens (tertiary/aromatic N) is 2. The summed E-state index contributed by atoms with van der Waals surface area (Å²) < 4.78 is 6.97. The number of methoxy groups -OCH3 is 1. The van der Waals surface area contributed by atoms with Crippen molar-refractivity contribution in [2.24, 2.45) is 5.92 Å². The second-order valence-electron chi connectivity index (χ2n) is 8.58. The Morgan fingerprint density at radius 1 is 1.29 bits per heavy atom. The number of carbonyl (C=O) groups is 1. The fourth-order valence-corrected chi connectivity index (χ4v) is 6.24. The number of esters is 1. The van der Waals surface area contributed by atoms with Gasteiger partial charge in [-0.25, -0.2) is 4.79 Å². The number of thiophene rings is 1. The van der Waals surface area contributed by atoms with Gasteiger partial charge in [0.15, 0.2) is 5.11 Å². The van der Waals surface area contributed by atoms with Crippen LogP contribution in [0.3, 0.4) is 0 Å². The maximum Gasteiger partial charge on any atom is 0.341 e. The molecule has 3 aromatic rings. The average molecular weight is 538 g/mol. The van der Waals surface area contributed by atoms with Gasteiger partial charge in [0.05, 0.1) is 46.3 Å². The number of hydrogen-bond donors (Lipinski definition) is 2. The number of benzene rings is 1. The summed E-state index contributed by atoms with van der Waals surface area (Å²) in [5, 5.41) is 13.3. The van der Waals surface area contributed by atoms with Crippen LogP contribution in [0.2, 0.25) is 10.0 Å². The Bertz CT molecular complexity index is 1270. The normalized spacial score (nSPS) is 15.1. The topological polar surface area (TPSA) is 68.2 Å². The lowest BCUT2D eigenvalue weighted by Gasteiger charge is -2.18. The SMILES string of the molecule is COC(=O)c1c(NC(=S)Nc2c(C)nn(Cc3ccc(Cl)c(Cl)c3)c2C)sc2c1CCC(C)C2. The number of fused-ring (bicyclic) bond motifs is 1. The highest BCUT2D eigenvalue weighted by molar-refractivity contribution is 7.80. The van der Waals surface area contributed by atoms with E-state index in [1.54, 1.807) is 17.4 Å². The third kappa shape index (κ3) is 5.10. The summed E-state index contributed by atoms with van der Waals surface area (Å²) in [6.45, 7) is 6.69. The van der Waals surface area contributed by atoms with Crippen molar-refractivity contribution in [2.75, 3.05) is 17.7 Å². The van der Waals surface area contributed by atoms with Crippen LogP contribution in [0.4, 0.5) is 10.7 Å². The van der Waals surface area contributed by atoms with Crippen molar-refractivity contribution in [3.63, 3.8) is 0 Å². The second-order valence-corrected chi connectivity index (χ2v) is 10.9. The van der Waals surface area contributed by atoms with E-state index in [2.05, 4.69) is 22.7 Å². The molecule has 2 heterocycles. The number of hydrogen-bond acceptors (Lipinski definition) is 5. The van der Waals surface area contributed by atoms with Crippen LogP contribution in [0.25, 0.3) is 0 Å². The minimum atomic E-state index is -0.334. The largest absolute Gasteiger partial charge is 0.465 e. The molecule has 0 bridgehead atoms. The quantitative estimate of drug-likeness (QED) is 0.281. The van der Waals surface area contributed by atoms with Crippen LogP contribution in [-0.2, 0) is 24.1 Å². The first-order valence-corrected chi connectivity index (χ1v) is 12.9. The van der Waals surface area contributed by atoms with Crippen molar-refractivity contribution in [1.29, 1.82) is 0 Å². The van der Waals surface area contributed by atoms with Crippen molar-refractivity contribution >= 4 is 68.5 Å². The molecule has 0 radical (unpaired) electrons. The number of halogens is 2. The Hall–Kier alpha value is -2.13. The summed E-state index contributed by atoms with van der Waals surface area (Å²) >= 11 is 19.4. The van der Waals surface area contributed by atoms with Crippen molar-refractivity contribution < 1.29 is 9.53 Å². The maximum atomic E-state index is 12.6. The summed E-state index contributed by atoms with van der Waals surface area (Å²) in [5.41, 5.74) is 5.25. The molecule has 34 heavy (non-hydrogen) atoms. The molecule has 1 aliphatic rings. The summed E-state index contributed by atoms with van der Waals surface area (Å²) in [6, 6.07) is 5.55. The van der Waals surface area contributed by atoms with Gasteiger partial charge in [-0.15, -0.1) is 11.3 Å². The molecule has 2 N–H and O–H groups in total. The van der Waals surface area contributed by atoms with Gasteiger partial charge in [0.2, 0.25) is 0 Å². The zero-order chi connectivity index (χ0) is 24.6. The molecule has 0 spiro atoms. The summed E-state index contributed by atoms with van der Waals surface area (Å²) in [5.74, 6) is 0.264. The lowest BCUT2D eigenvalue weighted by molar-refractivity contribution is 0.0601. The van der Waals surface area contributed by atoms with Crippen molar-refractivity contribution in [1.82, 2.24) is 9.78 Å². The highest BCUT2D eigenvalue weighted by Crippen LogP contribution is 2.40. The van der Waals surface area contributed by atoms with Gasteiger partial charge in [0, 0.05) is 4.88 Å². The molecule has 0 amide bonds. The first-order valence-electron chi connectivity index (χ1n) is 11.0. The van der Waals surface area contributed by atoms with Gasteiger partial charge < -0.3 is 15.4 Å². The van der Waals surface area contributed by atoms with E-state index in [1.165, 1.54) is 12.0 Å². The Kier molecular flexibility index (Phi) is 7.52. The van der Waals surface area contributed by atoms with Crippen molar-refractivity contribution in [2.45, 2.75) is 46.6 Å². The highest BCUT2D eigenvalue weighted by atomic mass is 35.5. The zero-order valence-electron chi connectivity index (χ0n) is 19.4. The Morgan fingerprint density at radius 3 is 2.76 bits per heavy atom. The minimum Gasteiger partial charge on any atom is -0.465 e. The van der Waals surface area contributed by atoms with Gasteiger partial charge in [-0.05, 0) is 74.5 Å². The predicted molar refractivity (Wildman–Crippen MR) is 144 cm³/mol. The monoisotopic (exact) mass is 536 g/mol. The molecule has 0 saturated carbocycles. The van der Waals surface area contributed by atoms with Crippen LogP contribution in [0.1, 0.15) is 51.1 Å². The highest BCUT2D eigenvalue weighted by Gasteiger charge is 2.28. The summed E-state index contributed by atoms with van der Waals surface area (Å²) in [6.07, 6.45) is 2.90. The number of ether oxygens (including phenoxy) is 1. The standard InChI is InChI=1S/C24H26Cl2N4O2S2/c1-12-5-7-16-19(9-12)34-22(20(16)23(31)32-4)28-24(33)27-21-13(2)29-30(14(21)3)11-15-6-8-17(25)18(26)10-15/h6,8,10,12H,5,7,9,11H2,1-4H3,(H2,27,28,33). The molecule has 1 unspecified atom stereocenters. The molecule has 1 aliphatic carbocycles. The predicted octanol–water partition coefficient (Wildman–Crippen LogP) is 6.64. The van der Waals surface area contributed by atoms with E-state index < -0.39 is 0 Å². The number of thiocarbonyl (C=S) groups is 1. The number of aryl methyl sites for hydroxylation is 1. The van der Waals surface area contributed by atoms with E-state index in [-0.39, 0.29) is 5.97 Å². The molecule has 0 fully saturated rings. The summed E-state index contributed by atoms with van der Waals surface area (Å²) in [4.78, 5) is 13.8. The second kappa shape index (κ2) is 10.2. The van der Waals surface area contributed by atoms with Crippen molar-refractivity contribution in [3.8, 4) is 0 Å². The molecule has 10 heteroatoms. The van der Waals surface area contributed by atoms with Gasteiger partial charge in [0.25, 0.3) is 0 Å². The average Bonchev–Trinajstić information content (AvgIpc) is 3.26. The van der Waals surface area contributed by atoms with Gasteiger partial charge in [-0.2, -0.15) is 5.10 Å². The molecule has 0 saturated heterocycles. The number of nitrogens with one attached hydrogen (secondary N) is 2. The number of rotatable bonds is 5. The van der Waals surface area contributed by atoms with E-state index in [0.717, 1.165) is 52.5 Å². The first-order chi connectivity index (χ1) is 16.2. The lowest BCUT2D eigenvalue weighted by Crippen LogP contribution is -2.21. The van der Waals surface area contributed by atoms with Crippen LogP contribution < -0.4 is 10.6 Å². The summed E-state index contributed by atoms with van der Waals surface area (Å²) in [7, 11) is 1.41. The van der Waals surface area contributed by atoms with Gasteiger partial charge in [-0.1, -0.05) is 36.2 Å². The van der Waals surface area contributed by atoms with Crippen LogP contribution >= 0.6 is 46.8 Å². The van der Waals surface area contributed by atoms with Crippen molar-refractivity contribution in [3.05, 3.63) is 61.2 Å². The number of aromatic nitrogens is 2. The van der Waals surface area contributed by atoms with Crippen LogP contribution in [0.15, 0.2) is 18.2 Å². The molecule has 1 aromatic carbocycles. The first kappa shape index (κ1) is 25.0. The van der Waals surface area contributed by atoms with E-state index in [4.69, 9.17) is 40.2 Å². The molecule has 2 aromatic heterocycles. The third-order valence-corrected chi connectivity index (χ3v) is 8.18. The Balaban J connectivity index is 1.54. The van der Waals surface area contributed by atoms with E-state index >= 15 is 0 Å². The van der Waals surface area contributed by atoms with E-state index in [0.29, 0.717) is 33.2 Å². The van der Waals surface area contributed by atoms with Crippen LogP contribution in [0.5, 0.6) is 0 Å².